The molecule has 2 bridgehead atoms. The van der Waals surface area contributed by atoms with Crippen LogP contribution in [0.5, 0.6) is 5.75 Å². The second-order valence-corrected chi connectivity index (χ2v) is 17.2. The second-order valence-electron chi connectivity index (χ2n) is 15.5. The maximum absolute atomic E-state index is 13.9. The molecule has 12 heteroatoms. The van der Waals surface area contributed by atoms with Gasteiger partial charge in [0, 0.05) is 56.5 Å². The molecule has 7 rings (SSSR count). The maximum Gasteiger partial charge on any atom is 0.254 e. The standard InChI is InChI=1S/C41H53ClN3O7S/c1-26-4-3-5-37(49-2)34-11-8-30(34)23-45-17-14-27-6-7-28-20-31(42)10-12-33(28)35(27)24-52-38-13-9-29(21-36(38)45)41(47)44-53(48)39(26)22-43-40(46)25-51-32-15-18-50-19-16-32/h3,5,9-10,12-13,20-21,26-27,30,32,34-35,37,39H,4,6-8,11,14-19,22-25H2,1-2H3,(H,43,46)/q-1/b5-3+/t26-,27?,30-,34+,35?,37-,39+/m0/s1. The van der Waals surface area contributed by atoms with E-state index in [0.29, 0.717) is 49.6 Å². The molecule has 2 unspecified atom stereocenters. The summed E-state index contributed by atoms with van der Waals surface area (Å²) < 4.78 is 42.1. The molecule has 2 aromatic carbocycles. The zero-order valence-corrected chi connectivity index (χ0v) is 32.5. The number of benzene rings is 2. The van der Waals surface area contributed by atoms with E-state index in [9.17, 15) is 13.8 Å². The summed E-state index contributed by atoms with van der Waals surface area (Å²) in [6.45, 7) is 5.46. The van der Waals surface area contributed by atoms with Crippen LogP contribution in [-0.2, 0) is 40.2 Å². The fourth-order valence-electron chi connectivity index (χ4n) is 8.84. The van der Waals surface area contributed by atoms with Crippen molar-refractivity contribution in [2.75, 3.05) is 58.1 Å². The number of allylic oxidation sites excluding steroid dienone is 1. The lowest BCUT2D eigenvalue weighted by Crippen LogP contribution is -2.44. The van der Waals surface area contributed by atoms with Crippen LogP contribution >= 0.6 is 11.6 Å². The Balaban J connectivity index is 1.16. The molecule has 10 nitrogen and oxygen atoms in total. The molecule has 0 spiro atoms. The number of nitrogens with one attached hydrogen (secondary N) is 1. The van der Waals surface area contributed by atoms with Crippen LogP contribution in [0.1, 0.15) is 79.3 Å². The first-order chi connectivity index (χ1) is 25.8. The minimum atomic E-state index is -1.91. The van der Waals surface area contributed by atoms with E-state index in [0.717, 1.165) is 74.5 Å². The molecule has 0 radical (unpaired) electrons. The fraction of sp³-hybridized carbons (Fsp3) is 0.610. The molecule has 1 saturated heterocycles. The zero-order valence-electron chi connectivity index (χ0n) is 30.9. The summed E-state index contributed by atoms with van der Waals surface area (Å²) in [4.78, 5) is 29.0. The number of aryl methyl sites for hydroxylation is 1. The van der Waals surface area contributed by atoms with Gasteiger partial charge in [-0.2, -0.15) is 10.6 Å². The van der Waals surface area contributed by atoms with E-state index < -0.39 is 21.8 Å². The van der Waals surface area contributed by atoms with Gasteiger partial charge in [0.25, 0.3) is 5.91 Å². The average molecular weight is 767 g/mol. The quantitative estimate of drug-likeness (QED) is 0.250. The number of methoxy groups -OCH3 is 1. The number of halogens is 1. The molecule has 2 aromatic rings. The van der Waals surface area contributed by atoms with Crippen molar-refractivity contribution < 1.29 is 32.7 Å². The Morgan fingerprint density at radius 2 is 1.92 bits per heavy atom. The van der Waals surface area contributed by atoms with E-state index in [1.165, 1.54) is 11.1 Å². The number of amides is 2. The molecule has 3 aliphatic heterocycles. The summed E-state index contributed by atoms with van der Waals surface area (Å²) >= 11 is 6.39. The van der Waals surface area contributed by atoms with Gasteiger partial charge in [0.2, 0.25) is 5.91 Å². The van der Waals surface area contributed by atoms with Gasteiger partial charge in [-0.25, -0.2) is 0 Å². The fourth-order valence-corrected chi connectivity index (χ4v) is 10.2. The van der Waals surface area contributed by atoms with Gasteiger partial charge >= 0.3 is 0 Å². The summed E-state index contributed by atoms with van der Waals surface area (Å²) in [5.74, 6) is 1.24. The number of nitrogens with zero attached hydrogens (tertiary/aromatic N) is 2. The van der Waals surface area contributed by atoms with E-state index in [1.54, 1.807) is 13.2 Å². The van der Waals surface area contributed by atoms with Crippen molar-refractivity contribution in [2.24, 2.45) is 28.0 Å². The molecule has 0 aromatic heterocycles. The highest BCUT2D eigenvalue weighted by Crippen LogP contribution is 2.45. The smallest absolute Gasteiger partial charge is 0.254 e. The number of rotatable bonds is 6. The van der Waals surface area contributed by atoms with Crippen LogP contribution in [0.25, 0.3) is 0 Å². The van der Waals surface area contributed by atoms with Gasteiger partial charge in [0.1, 0.15) is 12.4 Å². The van der Waals surface area contributed by atoms with Gasteiger partial charge in [0.15, 0.2) is 0 Å². The molecular formula is C41H53ClN3O7S-. The minimum absolute atomic E-state index is 0.0107. The summed E-state index contributed by atoms with van der Waals surface area (Å²) in [6, 6.07) is 11.7. The minimum Gasteiger partial charge on any atom is -0.491 e. The summed E-state index contributed by atoms with van der Waals surface area (Å²) in [7, 11) is -0.138. The van der Waals surface area contributed by atoms with Gasteiger partial charge in [-0.15, -0.1) is 0 Å². The monoisotopic (exact) mass is 766 g/mol. The highest BCUT2D eigenvalue weighted by molar-refractivity contribution is 7.76. The van der Waals surface area contributed by atoms with Gasteiger partial charge in [-0.1, -0.05) is 47.9 Å². The Morgan fingerprint density at radius 3 is 2.72 bits per heavy atom. The molecular weight excluding hydrogens is 714 g/mol. The van der Waals surface area contributed by atoms with Crippen LogP contribution < -0.4 is 15.0 Å². The van der Waals surface area contributed by atoms with Crippen LogP contribution in [0.2, 0.25) is 5.02 Å². The Bertz CT molecular complexity index is 1740. The van der Waals surface area contributed by atoms with Crippen molar-refractivity contribution in [1.82, 2.24) is 5.32 Å². The average Bonchev–Trinajstić information content (AvgIpc) is 3.22. The number of fused-ring (bicyclic) bond motifs is 5. The number of ether oxygens (including phenoxy) is 4. The third-order valence-corrected chi connectivity index (χ3v) is 14.0. The van der Waals surface area contributed by atoms with Gasteiger partial charge in [-0.3, -0.25) is 9.59 Å². The zero-order chi connectivity index (χ0) is 36.9. The van der Waals surface area contributed by atoms with Gasteiger partial charge in [-0.05, 0) is 111 Å². The summed E-state index contributed by atoms with van der Waals surface area (Å²) in [5, 5.41) is 3.08. The molecule has 2 fully saturated rings. The van der Waals surface area contributed by atoms with E-state index in [2.05, 4.69) is 38.9 Å². The Hall–Kier alpha value is -2.96. The first-order valence-electron chi connectivity index (χ1n) is 19.4. The molecule has 53 heavy (non-hydrogen) atoms. The van der Waals surface area contributed by atoms with Crippen molar-refractivity contribution in [1.29, 1.82) is 0 Å². The number of carbonyl (C=O) groups excluding carboxylic acids is 2. The molecule has 2 aliphatic carbocycles. The van der Waals surface area contributed by atoms with Crippen molar-refractivity contribution in [2.45, 2.75) is 81.7 Å². The summed E-state index contributed by atoms with van der Waals surface area (Å²) in [6.07, 6.45) is 11.6. The number of hydrogen-bond acceptors (Lipinski definition) is 9. The third-order valence-electron chi connectivity index (χ3n) is 12.2. The largest absolute Gasteiger partial charge is 0.491 e. The lowest BCUT2D eigenvalue weighted by Gasteiger charge is -2.43. The van der Waals surface area contributed by atoms with Crippen molar-refractivity contribution in [3.05, 3.63) is 70.3 Å². The number of hydrogen-bond donors (Lipinski definition) is 1. The van der Waals surface area contributed by atoms with Crippen molar-refractivity contribution >= 4 is 39.7 Å². The predicted molar refractivity (Wildman–Crippen MR) is 206 cm³/mol. The van der Waals surface area contributed by atoms with Gasteiger partial charge in [0.05, 0.1) is 24.5 Å². The Morgan fingerprint density at radius 1 is 1.08 bits per heavy atom. The molecule has 1 saturated carbocycles. The van der Waals surface area contributed by atoms with E-state index in [1.807, 2.05) is 25.1 Å². The van der Waals surface area contributed by atoms with Gasteiger partial charge < -0.3 is 37.7 Å². The van der Waals surface area contributed by atoms with Crippen LogP contribution in [0.15, 0.2) is 52.9 Å². The Kier molecular flexibility index (Phi) is 12.8. The van der Waals surface area contributed by atoms with Crippen LogP contribution in [0.4, 0.5) is 5.69 Å². The van der Waals surface area contributed by atoms with Crippen LogP contribution in [0, 0.1) is 23.7 Å². The first-order valence-corrected chi connectivity index (χ1v) is 20.9. The van der Waals surface area contributed by atoms with Crippen LogP contribution in [0.3, 0.4) is 0 Å². The Labute approximate surface area is 320 Å². The van der Waals surface area contributed by atoms with Crippen molar-refractivity contribution in [3.8, 4) is 5.75 Å². The second kappa shape index (κ2) is 17.7. The maximum atomic E-state index is 13.9. The van der Waals surface area contributed by atoms with E-state index in [4.69, 9.17) is 30.5 Å². The topological polar surface area (TPSA) is 116 Å². The highest BCUT2D eigenvalue weighted by atomic mass is 35.5. The molecule has 1 N–H and O–H groups in total. The molecule has 3 heterocycles. The van der Waals surface area contributed by atoms with E-state index >= 15 is 0 Å². The lowest BCUT2D eigenvalue weighted by molar-refractivity contribution is -0.129. The number of carbonyl (C=O) groups is 2. The first kappa shape index (κ1) is 38.3. The molecule has 5 aliphatic rings. The normalized spacial score (nSPS) is 30.4. The molecule has 2 amide bonds. The predicted octanol–water partition coefficient (Wildman–Crippen LogP) is 6.88. The van der Waals surface area contributed by atoms with Crippen molar-refractivity contribution in [3.63, 3.8) is 0 Å². The van der Waals surface area contributed by atoms with E-state index in [-0.39, 0.29) is 43.1 Å². The third kappa shape index (κ3) is 9.13. The molecule has 7 atom stereocenters. The summed E-state index contributed by atoms with van der Waals surface area (Å²) in [5.41, 5.74) is 3.86. The lowest BCUT2D eigenvalue weighted by atomic mass is 9.70. The molecule has 288 valence electrons. The highest BCUT2D eigenvalue weighted by Gasteiger charge is 2.39. The van der Waals surface area contributed by atoms with Crippen LogP contribution in [-0.4, -0.2) is 82.4 Å². The SMILES string of the molecule is CO[C@H]1/C=C/C[C@H](C)[C@@H](CNC(=O)COC2CCOCC2)[S-](=O)=NC(=O)c2ccc3c(c2)N(CCC2CCc4cc(Cl)ccc4C2CO3)C[C@@H]2CC[C@H]21. The number of anilines is 1.